The zero-order valence-corrected chi connectivity index (χ0v) is 15.8. The second-order valence-corrected chi connectivity index (χ2v) is 7.74. The van der Waals surface area contributed by atoms with Gasteiger partial charge in [0.2, 0.25) is 0 Å². The average molecular weight is 423 g/mol. The Labute approximate surface area is 149 Å². The van der Waals surface area contributed by atoms with Crippen LogP contribution in [0, 0.1) is 0 Å². The number of hydrogen-bond acceptors (Lipinski definition) is 1. The Morgan fingerprint density at radius 1 is 0.864 bits per heavy atom. The second kappa shape index (κ2) is 7.65. The van der Waals surface area contributed by atoms with Crippen LogP contribution in [0.5, 0.6) is 0 Å². The van der Waals surface area contributed by atoms with Crippen LogP contribution in [0.2, 0.25) is 0 Å². The fourth-order valence-corrected chi connectivity index (χ4v) is 4.48. The van der Waals surface area contributed by atoms with Crippen LogP contribution in [-0.2, 0) is 6.54 Å². The van der Waals surface area contributed by atoms with Crippen LogP contribution in [-0.4, -0.2) is 0 Å². The molecule has 1 fully saturated rings. The van der Waals surface area contributed by atoms with Gasteiger partial charge in [-0.25, -0.2) is 0 Å². The Morgan fingerprint density at radius 3 is 2.14 bits per heavy atom. The molecule has 1 nitrogen and oxygen atoms in total. The predicted octanol–water partition coefficient (Wildman–Crippen LogP) is 6.87. The summed E-state index contributed by atoms with van der Waals surface area (Å²) in [6, 6.07) is 15.3. The predicted molar refractivity (Wildman–Crippen MR) is 101 cm³/mol. The van der Waals surface area contributed by atoms with E-state index in [1.807, 2.05) is 6.07 Å². The van der Waals surface area contributed by atoms with E-state index in [0.717, 1.165) is 27.1 Å². The molecule has 3 rings (SSSR count). The maximum atomic E-state index is 3.59. The Balaban J connectivity index is 1.64. The van der Waals surface area contributed by atoms with Gasteiger partial charge < -0.3 is 5.32 Å². The Kier molecular flexibility index (Phi) is 5.59. The number of hydrogen-bond donors (Lipinski definition) is 1. The average Bonchev–Trinajstić information content (AvgIpc) is 2.56. The van der Waals surface area contributed by atoms with Crippen LogP contribution in [0.4, 0.5) is 5.69 Å². The van der Waals surface area contributed by atoms with Gasteiger partial charge in [-0.2, -0.15) is 0 Å². The van der Waals surface area contributed by atoms with Crippen LogP contribution in [0.3, 0.4) is 0 Å². The first-order valence-electron chi connectivity index (χ1n) is 8.01. The molecule has 1 N–H and O–H groups in total. The highest BCUT2D eigenvalue weighted by Gasteiger charge is 2.15. The molecule has 2 aromatic rings. The molecule has 22 heavy (non-hydrogen) atoms. The minimum absolute atomic E-state index is 0.785. The van der Waals surface area contributed by atoms with E-state index in [9.17, 15) is 0 Å². The first-order valence-corrected chi connectivity index (χ1v) is 9.59. The van der Waals surface area contributed by atoms with Crippen molar-refractivity contribution in [1.82, 2.24) is 0 Å². The fraction of sp³-hybridized carbons (Fsp3) is 0.368. The zero-order chi connectivity index (χ0) is 15.4. The molecule has 0 aromatic heterocycles. The van der Waals surface area contributed by atoms with E-state index >= 15 is 0 Å². The molecule has 2 aromatic carbocycles. The Morgan fingerprint density at radius 2 is 1.50 bits per heavy atom. The summed E-state index contributed by atoms with van der Waals surface area (Å²) in [5.41, 5.74) is 3.95. The summed E-state index contributed by atoms with van der Waals surface area (Å²) in [4.78, 5) is 0. The van der Waals surface area contributed by atoms with Crippen molar-refractivity contribution in [3.05, 3.63) is 62.5 Å². The number of rotatable bonds is 4. The van der Waals surface area contributed by atoms with Crippen molar-refractivity contribution in [1.29, 1.82) is 0 Å². The smallest absolute Gasteiger partial charge is 0.0631 e. The lowest BCUT2D eigenvalue weighted by atomic mass is 9.84. The highest BCUT2D eigenvalue weighted by molar-refractivity contribution is 9.11. The molecule has 0 aliphatic heterocycles. The maximum Gasteiger partial charge on any atom is 0.0631 e. The van der Waals surface area contributed by atoms with E-state index in [-0.39, 0.29) is 0 Å². The molecular weight excluding hydrogens is 402 g/mol. The van der Waals surface area contributed by atoms with E-state index in [0.29, 0.717) is 0 Å². The van der Waals surface area contributed by atoms with E-state index in [2.05, 4.69) is 73.6 Å². The quantitative estimate of drug-likeness (QED) is 0.566. The Bertz CT molecular complexity index is 596. The molecule has 0 amide bonds. The highest BCUT2D eigenvalue weighted by Crippen LogP contribution is 2.33. The molecule has 0 atom stereocenters. The molecular formula is C19H21Br2N. The number of halogens is 2. The van der Waals surface area contributed by atoms with Crippen LogP contribution >= 0.6 is 31.9 Å². The van der Waals surface area contributed by atoms with Crippen molar-refractivity contribution in [3.8, 4) is 0 Å². The summed E-state index contributed by atoms with van der Waals surface area (Å²) in [5.74, 6) is 0.785. The first kappa shape index (κ1) is 16.1. The molecule has 0 saturated heterocycles. The molecule has 1 saturated carbocycles. The van der Waals surface area contributed by atoms with E-state index < -0.39 is 0 Å². The van der Waals surface area contributed by atoms with Gasteiger partial charge >= 0.3 is 0 Å². The highest BCUT2D eigenvalue weighted by atomic mass is 79.9. The molecule has 0 bridgehead atoms. The third-order valence-corrected chi connectivity index (χ3v) is 5.81. The van der Waals surface area contributed by atoms with E-state index in [4.69, 9.17) is 0 Å². The topological polar surface area (TPSA) is 12.0 Å². The SMILES string of the molecule is Brc1cccc(Br)c1NCc1ccc(C2CCCCC2)cc1. The molecule has 0 unspecified atom stereocenters. The summed E-state index contributed by atoms with van der Waals surface area (Å²) in [7, 11) is 0. The zero-order valence-electron chi connectivity index (χ0n) is 12.6. The van der Waals surface area contributed by atoms with Crippen molar-refractivity contribution in [3.63, 3.8) is 0 Å². The normalized spacial score (nSPS) is 15.7. The number of benzene rings is 2. The third-order valence-electron chi connectivity index (χ3n) is 4.49. The van der Waals surface area contributed by atoms with E-state index in [1.165, 1.54) is 43.2 Å². The second-order valence-electron chi connectivity index (χ2n) is 6.03. The van der Waals surface area contributed by atoms with Gasteiger partial charge in [0.25, 0.3) is 0 Å². The molecule has 1 aliphatic rings. The summed E-state index contributed by atoms with van der Waals surface area (Å²) in [6.45, 7) is 0.839. The number of para-hydroxylation sites is 1. The number of anilines is 1. The standard InChI is InChI=1S/C19H21Br2N/c20-17-7-4-8-18(21)19(17)22-13-14-9-11-16(12-10-14)15-5-2-1-3-6-15/h4,7-12,15,22H,1-3,5-6,13H2. The van der Waals surface area contributed by atoms with Crippen LogP contribution < -0.4 is 5.32 Å². The van der Waals surface area contributed by atoms with Gasteiger partial charge in [-0.15, -0.1) is 0 Å². The van der Waals surface area contributed by atoms with Crippen molar-refractivity contribution in [2.75, 3.05) is 5.32 Å². The van der Waals surface area contributed by atoms with Crippen LogP contribution in [0.25, 0.3) is 0 Å². The lowest BCUT2D eigenvalue weighted by Crippen LogP contribution is -2.05. The van der Waals surface area contributed by atoms with Gasteiger partial charge in [0.1, 0.15) is 0 Å². The molecule has 116 valence electrons. The molecule has 1 aliphatic carbocycles. The third kappa shape index (κ3) is 3.94. The van der Waals surface area contributed by atoms with Crippen molar-refractivity contribution in [2.24, 2.45) is 0 Å². The summed E-state index contributed by atoms with van der Waals surface area (Å²) in [5, 5.41) is 3.50. The molecule has 3 heteroatoms. The van der Waals surface area contributed by atoms with Crippen LogP contribution in [0.15, 0.2) is 51.4 Å². The fourth-order valence-electron chi connectivity index (χ4n) is 3.20. The van der Waals surface area contributed by atoms with Crippen LogP contribution in [0.1, 0.15) is 49.1 Å². The summed E-state index contributed by atoms with van der Waals surface area (Å²) >= 11 is 7.18. The lowest BCUT2D eigenvalue weighted by Gasteiger charge is -2.22. The van der Waals surface area contributed by atoms with Gasteiger partial charge in [-0.3, -0.25) is 0 Å². The lowest BCUT2D eigenvalue weighted by molar-refractivity contribution is 0.443. The van der Waals surface area contributed by atoms with Gasteiger partial charge in [0.05, 0.1) is 5.69 Å². The van der Waals surface area contributed by atoms with E-state index in [1.54, 1.807) is 0 Å². The summed E-state index contributed by atoms with van der Waals surface area (Å²) < 4.78 is 2.17. The van der Waals surface area contributed by atoms with Gasteiger partial charge in [0, 0.05) is 15.5 Å². The molecule has 0 radical (unpaired) electrons. The first-order chi connectivity index (χ1) is 10.7. The molecule has 0 spiro atoms. The maximum absolute atomic E-state index is 3.59. The van der Waals surface area contributed by atoms with Gasteiger partial charge in [-0.05, 0) is 73.9 Å². The minimum atomic E-state index is 0.785. The monoisotopic (exact) mass is 421 g/mol. The van der Waals surface area contributed by atoms with Crippen molar-refractivity contribution >= 4 is 37.5 Å². The van der Waals surface area contributed by atoms with Gasteiger partial charge in [-0.1, -0.05) is 49.6 Å². The van der Waals surface area contributed by atoms with Crippen molar-refractivity contribution in [2.45, 2.75) is 44.6 Å². The summed E-state index contributed by atoms with van der Waals surface area (Å²) in [6.07, 6.45) is 6.93. The van der Waals surface area contributed by atoms with Crippen molar-refractivity contribution < 1.29 is 0 Å². The molecule has 0 heterocycles. The largest absolute Gasteiger partial charge is 0.379 e. The number of nitrogens with one attached hydrogen (secondary N) is 1. The van der Waals surface area contributed by atoms with Gasteiger partial charge in [0.15, 0.2) is 0 Å². The Hall–Kier alpha value is -0.800. The minimum Gasteiger partial charge on any atom is -0.379 e.